The van der Waals surface area contributed by atoms with Gasteiger partial charge in [0.2, 0.25) is 0 Å². The maximum atomic E-state index is 11.0. The molecule has 6 heteroatoms. The molecule has 0 saturated heterocycles. The van der Waals surface area contributed by atoms with Gasteiger partial charge in [0.1, 0.15) is 9.84 Å². The summed E-state index contributed by atoms with van der Waals surface area (Å²) in [4.78, 5) is 6.89. The van der Waals surface area contributed by atoms with Crippen LogP contribution in [-0.2, 0) is 16.3 Å². The van der Waals surface area contributed by atoms with Crippen molar-refractivity contribution in [2.45, 2.75) is 19.4 Å². The minimum atomic E-state index is -2.89. The molecule has 0 aliphatic heterocycles. The highest BCUT2D eigenvalue weighted by Gasteiger charge is 2.09. The Balaban J connectivity index is 2.20. The molecular weight excluding hydrogens is 214 g/mol. The Morgan fingerprint density at radius 3 is 2.87 bits per heavy atom. The first-order chi connectivity index (χ1) is 6.97. The Morgan fingerprint density at radius 1 is 1.60 bits per heavy atom. The van der Waals surface area contributed by atoms with Gasteiger partial charge in [-0.05, 0) is 6.92 Å². The lowest BCUT2D eigenvalue weighted by atomic mass is 10.3. The van der Waals surface area contributed by atoms with E-state index in [-0.39, 0.29) is 11.8 Å². The number of aromatic amines is 1. The van der Waals surface area contributed by atoms with Crippen molar-refractivity contribution in [2.24, 2.45) is 0 Å². The second-order valence-electron chi connectivity index (χ2n) is 3.77. The molecule has 1 aromatic rings. The van der Waals surface area contributed by atoms with Gasteiger partial charge in [-0.1, -0.05) is 0 Å². The van der Waals surface area contributed by atoms with Gasteiger partial charge in [0.25, 0.3) is 0 Å². The third-order valence-electron chi connectivity index (χ3n) is 1.99. The van der Waals surface area contributed by atoms with Crippen molar-refractivity contribution in [1.29, 1.82) is 0 Å². The number of hydrogen-bond donors (Lipinski definition) is 2. The fourth-order valence-corrected chi connectivity index (χ4v) is 2.41. The Bertz CT molecular complexity index is 372. The van der Waals surface area contributed by atoms with Crippen LogP contribution in [0.4, 0.5) is 0 Å². The van der Waals surface area contributed by atoms with Crippen LogP contribution in [0.15, 0.2) is 12.5 Å². The summed E-state index contributed by atoms with van der Waals surface area (Å²) in [6.45, 7) is 2.62. The van der Waals surface area contributed by atoms with Gasteiger partial charge in [0, 0.05) is 37.2 Å². The maximum Gasteiger partial charge on any atom is 0.148 e. The Hall–Kier alpha value is -0.880. The Labute approximate surface area is 90.2 Å². The van der Waals surface area contributed by atoms with Crippen LogP contribution in [0, 0.1) is 0 Å². The number of sulfone groups is 1. The van der Waals surface area contributed by atoms with Crippen molar-refractivity contribution < 1.29 is 8.42 Å². The normalized spacial score (nSPS) is 14.0. The van der Waals surface area contributed by atoms with Gasteiger partial charge in [-0.3, -0.25) is 0 Å². The van der Waals surface area contributed by atoms with Gasteiger partial charge in [-0.15, -0.1) is 0 Å². The van der Waals surface area contributed by atoms with E-state index >= 15 is 0 Å². The summed E-state index contributed by atoms with van der Waals surface area (Å²) in [5, 5.41) is 3.15. The first-order valence-corrected chi connectivity index (χ1v) is 6.92. The lowest BCUT2D eigenvalue weighted by Gasteiger charge is -2.11. The average Bonchev–Trinajstić information content (AvgIpc) is 2.53. The molecule has 1 heterocycles. The molecule has 1 unspecified atom stereocenters. The molecule has 15 heavy (non-hydrogen) atoms. The van der Waals surface area contributed by atoms with Crippen LogP contribution in [0.3, 0.4) is 0 Å². The minimum absolute atomic E-state index is 0.0112. The number of aromatic nitrogens is 2. The van der Waals surface area contributed by atoms with Crippen molar-refractivity contribution in [1.82, 2.24) is 15.3 Å². The van der Waals surface area contributed by atoms with E-state index in [1.165, 1.54) is 6.26 Å². The van der Waals surface area contributed by atoms with E-state index in [9.17, 15) is 8.42 Å². The van der Waals surface area contributed by atoms with Gasteiger partial charge >= 0.3 is 0 Å². The third-order valence-corrected chi connectivity index (χ3v) is 3.10. The van der Waals surface area contributed by atoms with Crippen molar-refractivity contribution in [3.63, 3.8) is 0 Å². The van der Waals surface area contributed by atoms with Gasteiger partial charge in [-0.25, -0.2) is 13.4 Å². The van der Waals surface area contributed by atoms with Gasteiger partial charge in [0.05, 0.1) is 12.1 Å². The molecule has 1 aromatic heterocycles. The summed E-state index contributed by atoms with van der Waals surface area (Å²) < 4.78 is 22.0. The zero-order chi connectivity index (χ0) is 11.3. The first-order valence-electron chi connectivity index (χ1n) is 4.86. The topological polar surface area (TPSA) is 74.8 Å². The smallest absolute Gasteiger partial charge is 0.148 e. The van der Waals surface area contributed by atoms with E-state index in [2.05, 4.69) is 15.3 Å². The molecule has 2 N–H and O–H groups in total. The second-order valence-corrected chi connectivity index (χ2v) is 5.96. The predicted octanol–water partition coefficient (Wildman–Crippen LogP) is -0.0251. The SMILES string of the molecule is CC(CS(C)(=O)=O)NCCc1cnc[nH]1. The van der Waals surface area contributed by atoms with E-state index in [1.807, 2.05) is 6.92 Å². The first kappa shape index (κ1) is 12.2. The highest BCUT2D eigenvalue weighted by Crippen LogP contribution is 1.93. The number of nitrogens with zero attached hydrogens (tertiary/aromatic N) is 1. The largest absolute Gasteiger partial charge is 0.348 e. The molecule has 0 saturated carbocycles. The fraction of sp³-hybridized carbons (Fsp3) is 0.667. The van der Waals surface area contributed by atoms with Crippen molar-refractivity contribution in [3.05, 3.63) is 18.2 Å². The molecule has 1 rings (SSSR count). The van der Waals surface area contributed by atoms with Crippen molar-refractivity contribution in [2.75, 3.05) is 18.6 Å². The van der Waals surface area contributed by atoms with Crippen molar-refractivity contribution in [3.8, 4) is 0 Å². The molecule has 0 aliphatic carbocycles. The van der Waals surface area contributed by atoms with Gasteiger partial charge < -0.3 is 10.3 Å². The number of nitrogens with one attached hydrogen (secondary N) is 2. The van der Waals surface area contributed by atoms with Crippen LogP contribution in [0.2, 0.25) is 0 Å². The Morgan fingerprint density at radius 2 is 2.33 bits per heavy atom. The number of hydrogen-bond acceptors (Lipinski definition) is 4. The van der Waals surface area contributed by atoms with Crippen LogP contribution in [-0.4, -0.2) is 43.0 Å². The van der Waals surface area contributed by atoms with Crippen LogP contribution < -0.4 is 5.32 Å². The second kappa shape index (κ2) is 5.27. The summed E-state index contributed by atoms with van der Waals surface area (Å²) in [6.07, 6.45) is 5.48. The number of imidazole rings is 1. The average molecular weight is 231 g/mol. The Kier molecular flexibility index (Phi) is 4.28. The molecule has 86 valence electrons. The molecule has 0 spiro atoms. The van der Waals surface area contributed by atoms with Crippen LogP contribution in [0.1, 0.15) is 12.6 Å². The summed E-state index contributed by atoms with van der Waals surface area (Å²) in [7, 11) is -2.89. The molecule has 0 aromatic carbocycles. The highest BCUT2D eigenvalue weighted by atomic mass is 32.2. The number of H-pyrrole nitrogens is 1. The number of rotatable bonds is 6. The third kappa shape index (κ3) is 5.54. The fourth-order valence-electron chi connectivity index (χ4n) is 1.39. The summed E-state index contributed by atoms with van der Waals surface area (Å²) in [5.41, 5.74) is 1.05. The zero-order valence-electron chi connectivity index (χ0n) is 9.03. The summed E-state index contributed by atoms with van der Waals surface area (Å²) in [5.74, 6) is 0.177. The summed E-state index contributed by atoms with van der Waals surface area (Å²) in [6, 6.07) is -0.0112. The van der Waals surface area contributed by atoms with Crippen LogP contribution >= 0.6 is 0 Å². The van der Waals surface area contributed by atoms with E-state index in [0.29, 0.717) is 0 Å². The van der Waals surface area contributed by atoms with E-state index in [1.54, 1.807) is 12.5 Å². The van der Waals surface area contributed by atoms with Crippen LogP contribution in [0.25, 0.3) is 0 Å². The molecule has 0 aliphatic rings. The molecule has 0 bridgehead atoms. The minimum Gasteiger partial charge on any atom is -0.348 e. The van der Waals surface area contributed by atoms with Crippen molar-refractivity contribution >= 4 is 9.84 Å². The standard InChI is InChI=1S/C9H17N3O2S/c1-8(6-15(2,13)14)11-4-3-9-5-10-7-12-9/h5,7-8,11H,3-4,6H2,1-2H3,(H,10,12). The molecule has 5 nitrogen and oxygen atoms in total. The molecule has 0 fully saturated rings. The van der Waals surface area contributed by atoms with E-state index < -0.39 is 9.84 Å². The molecule has 1 atom stereocenters. The molecular formula is C9H17N3O2S. The predicted molar refractivity (Wildman–Crippen MR) is 59.5 cm³/mol. The highest BCUT2D eigenvalue weighted by molar-refractivity contribution is 7.90. The lowest BCUT2D eigenvalue weighted by Crippen LogP contribution is -2.34. The quantitative estimate of drug-likeness (QED) is 0.721. The van der Waals surface area contributed by atoms with Crippen LogP contribution in [0.5, 0.6) is 0 Å². The molecule has 0 radical (unpaired) electrons. The van der Waals surface area contributed by atoms with Gasteiger partial charge in [-0.2, -0.15) is 0 Å². The lowest BCUT2D eigenvalue weighted by molar-refractivity contribution is 0.560. The van der Waals surface area contributed by atoms with E-state index in [0.717, 1.165) is 18.7 Å². The van der Waals surface area contributed by atoms with Gasteiger partial charge in [0.15, 0.2) is 0 Å². The molecule has 0 amide bonds. The monoisotopic (exact) mass is 231 g/mol. The van der Waals surface area contributed by atoms with E-state index in [4.69, 9.17) is 0 Å². The summed E-state index contributed by atoms with van der Waals surface area (Å²) >= 11 is 0. The maximum absolute atomic E-state index is 11.0. The zero-order valence-corrected chi connectivity index (χ0v) is 9.84.